The summed E-state index contributed by atoms with van der Waals surface area (Å²) < 4.78 is 16.5. The van der Waals surface area contributed by atoms with Crippen molar-refractivity contribution >= 4 is 17.9 Å². The maximum atomic E-state index is 12.6. The Labute approximate surface area is 278 Å². The molecule has 0 N–H and O–H groups in total. The van der Waals surface area contributed by atoms with Gasteiger partial charge in [-0.3, -0.25) is 14.4 Å². The summed E-state index contributed by atoms with van der Waals surface area (Å²) in [5, 5.41) is 0. The van der Waals surface area contributed by atoms with Crippen LogP contribution >= 0.6 is 0 Å². The standard InChI is InChI=1S/C39H74O6/c1-5-7-9-11-13-14-15-16-18-24-28-32-39(42)45-36(33-43-37(40)30-26-22-17-12-10-8-6-2)34-44-38(41)31-27-23-20-19-21-25-29-35(3)4/h35-36H,5-34H2,1-4H3/t36-/m1/s1. The van der Waals surface area contributed by atoms with E-state index in [2.05, 4.69) is 27.7 Å². The monoisotopic (exact) mass is 639 g/mol. The van der Waals surface area contributed by atoms with E-state index < -0.39 is 6.10 Å². The van der Waals surface area contributed by atoms with Gasteiger partial charge in [0.25, 0.3) is 0 Å². The molecule has 0 fully saturated rings. The van der Waals surface area contributed by atoms with E-state index in [0.29, 0.717) is 19.3 Å². The summed E-state index contributed by atoms with van der Waals surface area (Å²) in [4.78, 5) is 37.3. The van der Waals surface area contributed by atoms with Crippen LogP contribution in [0.4, 0.5) is 0 Å². The van der Waals surface area contributed by atoms with Crippen molar-refractivity contribution < 1.29 is 28.6 Å². The number of carbonyl (C=O) groups is 3. The lowest BCUT2D eigenvalue weighted by Crippen LogP contribution is -2.30. The van der Waals surface area contributed by atoms with Gasteiger partial charge in [0.05, 0.1) is 0 Å². The van der Waals surface area contributed by atoms with Crippen LogP contribution in [0, 0.1) is 5.92 Å². The first-order valence-corrected chi connectivity index (χ1v) is 19.4. The summed E-state index contributed by atoms with van der Waals surface area (Å²) in [7, 11) is 0. The van der Waals surface area contributed by atoms with Crippen LogP contribution in [-0.2, 0) is 28.6 Å². The molecule has 0 saturated heterocycles. The van der Waals surface area contributed by atoms with E-state index in [-0.39, 0.29) is 31.1 Å². The van der Waals surface area contributed by atoms with E-state index in [1.807, 2.05) is 0 Å². The van der Waals surface area contributed by atoms with E-state index in [9.17, 15) is 14.4 Å². The van der Waals surface area contributed by atoms with Crippen LogP contribution in [0.5, 0.6) is 0 Å². The molecule has 0 aliphatic heterocycles. The topological polar surface area (TPSA) is 78.9 Å². The van der Waals surface area contributed by atoms with E-state index in [0.717, 1.165) is 63.7 Å². The number of carbonyl (C=O) groups excluding carboxylic acids is 3. The molecular formula is C39H74O6. The molecule has 0 unspecified atom stereocenters. The third kappa shape index (κ3) is 33.6. The molecule has 0 aromatic heterocycles. The van der Waals surface area contributed by atoms with Crippen molar-refractivity contribution in [2.75, 3.05) is 13.2 Å². The quantitative estimate of drug-likeness (QED) is 0.0396. The maximum absolute atomic E-state index is 12.6. The van der Waals surface area contributed by atoms with Crippen LogP contribution in [0.15, 0.2) is 0 Å². The van der Waals surface area contributed by atoms with Crippen molar-refractivity contribution in [2.24, 2.45) is 5.92 Å². The molecule has 0 aliphatic carbocycles. The molecule has 0 aliphatic rings. The second kappa shape index (κ2) is 33.8. The second-order valence-corrected chi connectivity index (χ2v) is 13.7. The van der Waals surface area contributed by atoms with Crippen LogP contribution in [0.2, 0.25) is 0 Å². The van der Waals surface area contributed by atoms with Gasteiger partial charge in [-0.2, -0.15) is 0 Å². The van der Waals surface area contributed by atoms with Gasteiger partial charge in [0.2, 0.25) is 0 Å². The third-order valence-corrected chi connectivity index (χ3v) is 8.54. The fourth-order valence-corrected chi connectivity index (χ4v) is 5.57. The summed E-state index contributed by atoms with van der Waals surface area (Å²) in [6.07, 6.45) is 29.6. The van der Waals surface area contributed by atoms with Gasteiger partial charge >= 0.3 is 17.9 Å². The van der Waals surface area contributed by atoms with Crippen LogP contribution < -0.4 is 0 Å². The largest absolute Gasteiger partial charge is 0.462 e. The number of rotatable bonds is 34. The summed E-state index contributed by atoms with van der Waals surface area (Å²) in [5.74, 6) is -0.112. The SMILES string of the molecule is CCCCCCCCCCCCCC(=O)O[C@H](COC(=O)CCCCCCCCC)COC(=O)CCCCCCCCC(C)C. The Hall–Kier alpha value is -1.59. The molecule has 6 nitrogen and oxygen atoms in total. The summed E-state index contributed by atoms with van der Waals surface area (Å²) >= 11 is 0. The molecule has 45 heavy (non-hydrogen) atoms. The smallest absolute Gasteiger partial charge is 0.306 e. The average Bonchev–Trinajstić information content (AvgIpc) is 3.01. The van der Waals surface area contributed by atoms with E-state index in [4.69, 9.17) is 14.2 Å². The molecule has 0 spiro atoms. The van der Waals surface area contributed by atoms with Gasteiger partial charge in [0.1, 0.15) is 13.2 Å². The number of hydrogen-bond donors (Lipinski definition) is 0. The van der Waals surface area contributed by atoms with Gasteiger partial charge in [0.15, 0.2) is 6.10 Å². The summed E-state index contributed by atoms with van der Waals surface area (Å²) in [6, 6.07) is 0. The molecular weight excluding hydrogens is 564 g/mol. The van der Waals surface area contributed by atoms with Gasteiger partial charge in [0, 0.05) is 19.3 Å². The van der Waals surface area contributed by atoms with Crippen LogP contribution in [-0.4, -0.2) is 37.2 Å². The highest BCUT2D eigenvalue weighted by atomic mass is 16.6. The number of ether oxygens (including phenoxy) is 3. The van der Waals surface area contributed by atoms with Crippen molar-refractivity contribution in [3.63, 3.8) is 0 Å². The number of hydrogen-bond acceptors (Lipinski definition) is 6. The molecule has 266 valence electrons. The predicted octanol–water partition coefficient (Wildman–Crippen LogP) is 11.6. The Balaban J connectivity index is 4.34. The van der Waals surface area contributed by atoms with E-state index in [1.54, 1.807) is 0 Å². The fraction of sp³-hybridized carbons (Fsp3) is 0.923. The first kappa shape index (κ1) is 43.4. The molecule has 0 saturated carbocycles. The van der Waals surface area contributed by atoms with E-state index >= 15 is 0 Å². The fourth-order valence-electron chi connectivity index (χ4n) is 5.57. The lowest BCUT2D eigenvalue weighted by Gasteiger charge is -2.18. The second-order valence-electron chi connectivity index (χ2n) is 13.7. The molecule has 0 aromatic rings. The first-order valence-electron chi connectivity index (χ1n) is 19.4. The molecule has 0 heterocycles. The minimum Gasteiger partial charge on any atom is -0.462 e. The average molecular weight is 639 g/mol. The van der Waals surface area contributed by atoms with Gasteiger partial charge in [-0.05, 0) is 25.2 Å². The van der Waals surface area contributed by atoms with Crippen LogP contribution in [0.25, 0.3) is 0 Å². The zero-order chi connectivity index (χ0) is 33.2. The Bertz CT molecular complexity index is 676. The zero-order valence-electron chi connectivity index (χ0n) is 30.3. The highest BCUT2D eigenvalue weighted by Gasteiger charge is 2.19. The van der Waals surface area contributed by atoms with Crippen molar-refractivity contribution in [2.45, 2.75) is 214 Å². The lowest BCUT2D eigenvalue weighted by molar-refractivity contribution is -0.167. The van der Waals surface area contributed by atoms with Gasteiger partial charge in [-0.1, -0.05) is 169 Å². The predicted molar refractivity (Wildman–Crippen MR) is 187 cm³/mol. The Morgan fingerprint density at radius 2 is 0.733 bits per heavy atom. The number of esters is 3. The lowest BCUT2D eigenvalue weighted by atomic mass is 10.0. The molecule has 0 aromatic carbocycles. The molecule has 0 radical (unpaired) electrons. The van der Waals surface area contributed by atoms with Gasteiger partial charge < -0.3 is 14.2 Å². The van der Waals surface area contributed by atoms with Crippen molar-refractivity contribution in [3.05, 3.63) is 0 Å². The summed E-state index contributed by atoms with van der Waals surface area (Å²) in [5.41, 5.74) is 0. The molecule has 1 atom stereocenters. The Morgan fingerprint density at radius 1 is 0.422 bits per heavy atom. The minimum atomic E-state index is -0.756. The molecule has 6 heteroatoms. The zero-order valence-corrected chi connectivity index (χ0v) is 30.3. The van der Waals surface area contributed by atoms with Crippen molar-refractivity contribution in [1.29, 1.82) is 0 Å². The summed E-state index contributed by atoms with van der Waals surface area (Å²) in [6.45, 7) is 8.84. The third-order valence-electron chi connectivity index (χ3n) is 8.54. The van der Waals surface area contributed by atoms with Gasteiger partial charge in [-0.15, -0.1) is 0 Å². The normalized spacial score (nSPS) is 11.9. The molecule has 0 amide bonds. The highest BCUT2D eigenvalue weighted by molar-refractivity contribution is 5.71. The molecule has 0 bridgehead atoms. The highest BCUT2D eigenvalue weighted by Crippen LogP contribution is 2.15. The Morgan fingerprint density at radius 3 is 1.09 bits per heavy atom. The van der Waals surface area contributed by atoms with Crippen LogP contribution in [0.1, 0.15) is 207 Å². The minimum absolute atomic E-state index is 0.0665. The van der Waals surface area contributed by atoms with E-state index in [1.165, 1.54) is 103 Å². The Kier molecular flexibility index (Phi) is 32.6. The van der Waals surface area contributed by atoms with Crippen molar-refractivity contribution in [1.82, 2.24) is 0 Å². The number of unbranched alkanes of at least 4 members (excludes halogenated alkanes) is 21. The molecule has 0 rings (SSSR count). The maximum Gasteiger partial charge on any atom is 0.306 e. The van der Waals surface area contributed by atoms with Crippen molar-refractivity contribution in [3.8, 4) is 0 Å². The van der Waals surface area contributed by atoms with Crippen LogP contribution in [0.3, 0.4) is 0 Å². The first-order chi connectivity index (χ1) is 21.9. The van der Waals surface area contributed by atoms with Gasteiger partial charge in [-0.25, -0.2) is 0 Å².